The van der Waals surface area contributed by atoms with Crippen LogP contribution >= 0.6 is 11.8 Å². The molecule has 0 bridgehead atoms. The van der Waals surface area contributed by atoms with Gasteiger partial charge >= 0.3 is 0 Å². The fourth-order valence-electron chi connectivity index (χ4n) is 3.07. The Kier molecular flexibility index (Phi) is 5.81. The minimum atomic E-state index is -3.75. The SMILES string of the molecule is C[C@@H](NC(=O)CSc1nnc(-c2c[nH]c3ccccc23)o1)c1ccc(S(N)(=O)=O)cc1. The van der Waals surface area contributed by atoms with Crippen LogP contribution in [0, 0.1) is 0 Å². The first-order valence-electron chi connectivity index (χ1n) is 9.26. The zero-order valence-electron chi connectivity index (χ0n) is 16.4. The Hall–Kier alpha value is -3.15. The molecule has 0 radical (unpaired) electrons. The number of H-pyrrole nitrogens is 1. The monoisotopic (exact) mass is 457 g/mol. The second-order valence-corrected chi connectivity index (χ2v) is 9.30. The molecule has 9 nitrogen and oxygen atoms in total. The van der Waals surface area contributed by atoms with Crippen LogP contribution in [0.25, 0.3) is 22.4 Å². The molecule has 2 aromatic carbocycles. The number of fused-ring (bicyclic) bond motifs is 1. The third-order valence-corrected chi connectivity index (χ3v) is 6.39. The number of hydrogen-bond acceptors (Lipinski definition) is 7. The number of thioether (sulfide) groups is 1. The Morgan fingerprint density at radius 3 is 2.68 bits per heavy atom. The smallest absolute Gasteiger partial charge is 0.277 e. The lowest BCUT2D eigenvalue weighted by atomic mass is 10.1. The minimum Gasteiger partial charge on any atom is -0.411 e. The zero-order chi connectivity index (χ0) is 22.0. The van der Waals surface area contributed by atoms with E-state index < -0.39 is 10.0 Å². The lowest BCUT2D eigenvalue weighted by molar-refractivity contribution is -0.119. The highest BCUT2D eigenvalue weighted by atomic mass is 32.2. The van der Waals surface area contributed by atoms with E-state index in [9.17, 15) is 13.2 Å². The van der Waals surface area contributed by atoms with Gasteiger partial charge in [0.1, 0.15) is 0 Å². The molecule has 1 amide bonds. The molecule has 0 spiro atoms. The molecule has 0 aliphatic rings. The first-order valence-corrected chi connectivity index (χ1v) is 11.8. The predicted octanol–water partition coefficient (Wildman–Crippen LogP) is 2.83. The summed E-state index contributed by atoms with van der Waals surface area (Å²) in [6, 6.07) is 13.5. The summed E-state index contributed by atoms with van der Waals surface area (Å²) in [5, 5.41) is 17.3. The van der Waals surface area contributed by atoms with Gasteiger partial charge in [-0.25, -0.2) is 13.6 Å². The summed E-state index contributed by atoms with van der Waals surface area (Å²) in [5.41, 5.74) is 2.52. The van der Waals surface area contributed by atoms with Crippen LogP contribution in [0.1, 0.15) is 18.5 Å². The number of rotatable bonds is 7. The fourth-order valence-corrected chi connectivity index (χ4v) is 4.16. The number of nitrogens with zero attached hydrogens (tertiary/aromatic N) is 2. The van der Waals surface area contributed by atoms with Gasteiger partial charge in [-0.05, 0) is 30.7 Å². The van der Waals surface area contributed by atoms with Crippen molar-refractivity contribution >= 4 is 38.6 Å². The summed E-state index contributed by atoms with van der Waals surface area (Å²) in [7, 11) is -3.75. The summed E-state index contributed by atoms with van der Waals surface area (Å²) >= 11 is 1.14. The highest BCUT2D eigenvalue weighted by Gasteiger charge is 2.16. The number of hydrogen-bond donors (Lipinski definition) is 3. The van der Waals surface area contributed by atoms with Crippen molar-refractivity contribution in [2.24, 2.45) is 5.14 Å². The molecule has 0 saturated carbocycles. The summed E-state index contributed by atoms with van der Waals surface area (Å²) in [6.45, 7) is 1.80. The standard InChI is InChI=1S/C20H19N5O4S2/c1-12(13-6-8-14(9-7-13)31(21,27)28)23-18(26)11-30-20-25-24-19(29-20)16-10-22-17-5-3-2-4-15(16)17/h2-10,12,22H,11H2,1H3,(H,23,26)(H2,21,27,28)/t12-/m1/s1. The maximum atomic E-state index is 12.3. The number of nitrogens with two attached hydrogens (primary N) is 1. The van der Waals surface area contributed by atoms with Crippen molar-refractivity contribution in [1.29, 1.82) is 0 Å². The van der Waals surface area contributed by atoms with Crippen molar-refractivity contribution in [2.75, 3.05) is 5.75 Å². The van der Waals surface area contributed by atoms with Gasteiger partial charge < -0.3 is 14.7 Å². The van der Waals surface area contributed by atoms with Crippen LogP contribution in [0.3, 0.4) is 0 Å². The average molecular weight is 458 g/mol. The second kappa shape index (κ2) is 8.53. The van der Waals surface area contributed by atoms with E-state index in [0.717, 1.165) is 33.8 Å². The molecule has 160 valence electrons. The third-order valence-electron chi connectivity index (χ3n) is 4.64. The molecule has 0 aliphatic heterocycles. The predicted molar refractivity (Wildman–Crippen MR) is 117 cm³/mol. The van der Waals surface area contributed by atoms with E-state index in [1.54, 1.807) is 19.1 Å². The molecular weight excluding hydrogens is 438 g/mol. The normalized spacial score (nSPS) is 12.7. The van der Waals surface area contributed by atoms with E-state index in [2.05, 4.69) is 20.5 Å². The summed E-state index contributed by atoms with van der Waals surface area (Å²) < 4.78 is 28.4. The van der Waals surface area contributed by atoms with E-state index in [1.165, 1.54) is 12.1 Å². The molecule has 31 heavy (non-hydrogen) atoms. The number of carbonyl (C=O) groups is 1. The molecule has 2 aromatic heterocycles. The molecule has 0 saturated heterocycles. The average Bonchev–Trinajstić information content (AvgIpc) is 3.38. The number of aromatic amines is 1. The molecule has 4 N–H and O–H groups in total. The Morgan fingerprint density at radius 2 is 1.94 bits per heavy atom. The van der Waals surface area contributed by atoms with E-state index >= 15 is 0 Å². The zero-order valence-corrected chi connectivity index (χ0v) is 18.0. The summed E-state index contributed by atoms with van der Waals surface area (Å²) in [6.07, 6.45) is 1.81. The topological polar surface area (TPSA) is 144 Å². The molecule has 2 heterocycles. The lowest BCUT2D eigenvalue weighted by Gasteiger charge is -2.14. The number of nitrogens with one attached hydrogen (secondary N) is 2. The van der Waals surface area contributed by atoms with Crippen molar-refractivity contribution in [2.45, 2.75) is 23.1 Å². The van der Waals surface area contributed by atoms with E-state index in [-0.39, 0.29) is 22.6 Å². The number of para-hydroxylation sites is 1. The number of aromatic nitrogens is 3. The van der Waals surface area contributed by atoms with Crippen LogP contribution in [0.5, 0.6) is 0 Å². The molecule has 0 aliphatic carbocycles. The van der Waals surface area contributed by atoms with Crippen LogP contribution < -0.4 is 10.5 Å². The Balaban J connectivity index is 1.35. The molecule has 11 heteroatoms. The largest absolute Gasteiger partial charge is 0.411 e. The first kappa shape index (κ1) is 21.1. The first-order chi connectivity index (χ1) is 14.8. The summed E-state index contributed by atoms with van der Waals surface area (Å²) in [4.78, 5) is 15.5. The van der Waals surface area contributed by atoms with Crippen LogP contribution in [-0.4, -0.2) is 35.3 Å². The number of primary sulfonamides is 1. The van der Waals surface area contributed by atoms with Crippen molar-refractivity contribution in [3.8, 4) is 11.5 Å². The van der Waals surface area contributed by atoms with Crippen molar-refractivity contribution in [3.63, 3.8) is 0 Å². The number of sulfonamides is 1. The summed E-state index contributed by atoms with van der Waals surface area (Å²) in [5.74, 6) is 0.248. The number of carbonyl (C=O) groups excluding carboxylic acids is 1. The van der Waals surface area contributed by atoms with E-state index in [0.29, 0.717) is 11.1 Å². The van der Waals surface area contributed by atoms with Gasteiger partial charge in [-0.1, -0.05) is 42.1 Å². The highest BCUT2D eigenvalue weighted by Crippen LogP contribution is 2.29. The van der Waals surface area contributed by atoms with Crippen LogP contribution in [0.15, 0.2) is 69.3 Å². The number of benzene rings is 2. The molecular formula is C20H19N5O4S2. The second-order valence-electron chi connectivity index (χ2n) is 6.81. The van der Waals surface area contributed by atoms with Crippen molar-refractivity contribution in [3.05, 3.63) is 60.3 Å². The Bertz CT molecular complexity index is 1330. The Labute approximate surface area is 182 Å². The van der Waals surface area contributed by atoms with Gasteiger partial charge in [-0.15, -0.1) is 10.2 Å². The van der Waals surface area contributed by atoms with Crippen LogP contribution in [0.4, 0.5) is 0 Å². The molecule has 0 fully saturated rings. The Morgan fingerprint density at radius 1 is 1.19 bits per heavy atom. The van der Waals surface area contributed by atoms with Gasteiger partial charge in [-0.2, -0.15) is 0 Å². The molecule has 0 unspecified atom stereocenters. The fraction of sp³-hybridized carbons (Fsp3) is 0.150. The maximum Gasteiger partial charge on any atom is 0.277 e. The van der Waals surface area contributed by atoms with Gasteiger partial charge in [0, 0.05) is 17.1 Å². The van der Waals surface area contributed by atoms with Crippen molar-refractivity contribution < 1.29 is 17.6 Å². The quantitative estimate of drug-likeness (QED) is 0.362. The van der Waals surface area contributed by atoms with Gasteiger partial charge in [0.15, 0.2) is 0 Å². The van der Waals surface area contributed by atoms with E-state index in [1.807, 2.05) is 30.5 Å². The minimum absolute atomic E-state index is 0.0210. The van der Waals surface area contributed by atoms with E-state index in [4.69, 9.17) is 9.56 Å². The lowest BCUT2D eigenvalue weighted by Crippen LogP contribution is -2.28. The van der Waals surface area contributed by atoms with Gasteiger partial charge in [0.25, 0.3) is 11.1 Å². The molecule has 4 rings (SSSR count). The number of amides is 1. The maximum absolute atomic E-state index is 12.3. The highest BCUT2D eigenvalue weighted by molar-refractivity contribution is 7.99. The van der Waals surface area contributed by atoms with Gasteiger partial charge in [0.2, 0.25) is 15.9 Å². The van der Waals surface area contributed by atoms with Crippen LogP contribution in [0.2, 0.25) is 0 Å². The van der Waals surface area contributed by atoms with Gasteiger partial charge in [-0.3, -0.25) is 4.79 Å². The third kappa shape index (κ3) is 4.79. The van der Waals surface area contributed by atoms with Crippen molar-refractivity contribution in [1.82, 2.24) is 20.5 Å². The van der Waals surface area contributed by atoms with Crippen LogP contribution in [-0.2, 0) is 14.8 Å². The molecule has 1 atom stereocenters. The van der Waals surface area contributed by atoms with Gasteiger partial charge in [0.05, 0.1) is 22.3 Å². The molecule has 4 aromatic rings.